The summed E-state index contributed by atoms with van der Waals surface area (Å²) in [7, 11) is 0. The Bertz CT molecular complexity index is 1260. The third-order valence-corrected chi connectivity index (χ3v) is 7.31. The van der Waals surface area contributed by atoms with Crippen molar-refractivity contribution in [2.45, 2.75) is 44.7 Å². The molecule has 7 heteroatoms. The Balaban J connectivity index is 1.54. The molecule has 1 aromatic heterocycles. The van der Waals surface area contributed by atoms with E-state index in [9.17, 15) is 19.1 Å². The number of benzene rings is 2. The first-order valence-electron chi connectivity index (χ1n) is 12.1. The van der Waals surface area contributed by atoms with Crippen LogP contribution in [0.5, 0.6) is 0 Å². The van der Waals surface area contributed by atoms with Crippen molar-refractivity contribution in [3.05, 3.63) is 76.0 Å². The molecular formula is C27H30FN3O3. The van der Waals surface area contributed by atoms with Crippen molar-refractivity contribution in [1.29, 1.82) is 0 Å². The number of carboxylic acid groups (broad SMARTS) is 1. The molecule has 0 aliphatic carbocycles. The van der Waals surface area contributed by atoms with E-state index in [1.54, 1.807) is 36.4 Å². The maximum absolute atomic E-state index is 14.1. The van der Waals surface area contributed by atoms with Crippen LogP contribution in [-0.4, -0.2) is 57.7 Å². The number of carboxylic acids is 1. The molecule has 178 valence electrons. The van der Waals surface area contributed by atoms with E-state index in [2.05, 4.69) is 9.80 Å². The lowest BCUT2D eigenvalue weighted by Crippen LogP contribution is -2.46. The Morgan fingerprint density at radius 1 is 0.941 bits per heavy atom. The van der Waals surface area contributed by atoms with Gasteiger partial charge in [0.15, 0.2) is 0 Å². The lowest BCUT2D eigenvalue weighted by molar-refractivity contribution is 0.0690. The van der Waals surface area contributed by atoms with Gasteiger partial charge in [-0.1, -0.05) is 30.7 Å². The molecule has 5 rings (SSSR count). The zero-order valence-electron chi connectivity index (χ0n) is 19.3. The molecule has 2 fully saturated rings. The van der Waals surface area contributed by atoms with E-state index in [4.69, 9.17) is 0 Å². The number of halogens is 1. The molecule has 34 heavy (non-hydrogen) atoms. The smallest absolute Gasteiger partial charge is 0.338 e. The summed E-state index contributed by atoms with van der Waals surface area (Å²) < 4.78 is 15.5. The molecular weight excluding hydrogens is 433 g/mol. The zero-order chi connectivity index (χ0) is 23.7. The van der Waals surface area contributed by atoms with Crippen LogP contribution in [0.1, 0.15) is 48.2 Å². The molecule has 3 heterocycles. The van der Waals surface area contributed by atoms with Gasteiger partial charge in [0.1, 0.15) is 5.82 Å². The van der Waals surface area contributed by atoms with Crippen LogP contribution in [0.25, 0.3) is 16.5 Å². The van der Waals surface area contributed by atoms with Crippen molar-refractivity contribution >= 4 is 16.7 Å². The summed E-state index contributed by atoms with van der Waals surface area (Å²) in [5, 5.41) is 10.9. The van der Waals surface area contributed by atoms with Crippen LogP contribution in [-0.2, 0) is 6.54 Å². The molecule has 2 saturated heterocycles. The van der Waals surface area contributed by atoms with Gasteiger partial charge < -0.3 is 10.0 Å². The standard InChI is InChI=1S/C27H30FN3O3/c28-19-7-6-8-21(17-19)31-24(25(27(33)34)22-9-2-3-10-23(22)26(31)32)18-29-15-11-20(12-16-29)30-13-4-1-5-14-30/h2-3,6-10,17,20H,1,4-5,11-16,18H2,(H,33,34). The van der Waals surface area contributed by atoms with Gasteiger partial charge in [0.2, 0.25) is 0 Å². The summed E-state index contributed by atoms with van der Waals surface area (Å²) in [4.78, 5) is 30.9. The minimum Gasteiger partial charge on any atom is -0.478 e. The van der Waals surface area contributed by atoms with E-state index in [0.717, 1.165) is 39.0 Å². The molecule has 0 saturated carbocycles. The van der Waals surface area contributed by atoms with E-state index >= 15 is 0 Å². The topological polar surface area (TPSA) is 65.8 Å². The van der Waals surface area contributed by atoms with Crippen molar-refractivity contribution in [1.82, 2.24) is 14.4 Å². The molecule has 2 aliphatic heterocycles. The summed E-state index contributed by atoms with van der Waals surface area (Å²) in [5.41, 5.74) is 0.525. The van der Waals surface area contributed by atoms with Crippen LogP contribution in [0.15, 0.2) is 53.3 Å². The molecule has 2 aliphatic rings. The minimum absolute atomic E-state index is 0.109. The predicted molar refractivity (Wildman–Crippen MR) is 130 cm³/mol. The number of hydrogen-bond donors (Lipinski definition) is 1. The normalized spacial score (nSPS) is 18.4. The van der Waals surface area contributed by atoms with Gasteiger partial charge in [-0.25, -0.2) is 9.18 Å². The fourth-order valence-electron chi connectivity index (χ4n) is 5.61. The predicted octanol–water partition coefficient (Wildman–Crippen LogP) is 4.28. The highest BCUT2D eigenvalue weighted by Gasteiger charge is 2.28. The Morgan fingerprint density at radius 3 is 2.32 bits per heavy atom. The fourth-order valence-corrected chi connectivity index (χ4v) is 5.61. The summed E-state index contributed by atoms with van der Waals surface area (Å²) in [6.07, 6.45) is 5.89. The Kier molecular flexibility index (Phi) is 6.48. The summed E-state index contributed by atoms with van der Waals surface area (Å²) in [6.45, 7) is 4.33. The number of likely N-dealkylation sites (tertiary alicyclic amines) is 2. The SMILES string of the molecule is O=C(O)c1c(CN2CCC(N3CCCCC3)CC2)n(-c2cccc(F)c2)c(=O)c2ccccc12. The van der Waals surface area contributed by atoms with Crippen LogP contribution in [0, 0.1) is 5.82 Å². The second-order valence-corrected chi connectivity index (χ2v) is 9.40. The molecule has 1 N–H and O–H groups in total. The van der Waals surface area contributed by atoms with Crippen LogP contribution in [0.2, 0.25) is 0 Å². The summed E-state index contributed by atoms with van der Waals surface area (Å²) in [6, 6.07) is 13.1. The number of rotatable bonds is 5. The minimum atomic E-state index is -1.08. The highest BCUT2D eigenvalue weighted by atomic mass is 19.1. The quantitative estimate of drug-likeness (QED) is 0.612. The number of nitrogens with zero attached hydrogens (tertiary/aromatic N) is 3. The molecule has 0 bridgehead atoms. The third kappa shape index (κ3) is 4.38. The molecule has 0 atom stereocenters. The fraction of sp³-hybridized carbons (Fsp3) is 0.407. The average Bonchev–Trinajstić information content (AvgIpc) is 2.85. The maximum Gasteiger partial charge on any atom is 0.338 e. The third-order valence-electron chi connectivity index (χ3n) is 7.31. The van der Waals surface area contributed by atoms with Gasteiger partial charge in [0.25, 0.3) is 5.56 Å². The van der Waals surface area contributed by atoms with E-state index in [1.165, 1.54) is 36.0 Å². The van der Waals surface area contributed by atoms with Crippen LogP contribution >= 0.6 is 0 Å². The largest absolute Gasteiger partial charge is 0.478 e. The second kappa shape index (κ2) is 9.68. The molecule has 0 unspecified atom stereocenters. The van der Waals surface area contributed by atoms with Gasteiger partial charge in [-0.3, -0.25) is 14.3 Å². The van der Waals surface area contributed by atoms with E-state index in [1.807, 2.05) is 0 Å². The van der Waals surface area contributed by atoms with Gasteiger partial charge in [-0.05, 0) is 63.0 Å². The van der Waals surface area contributed by atoms with Crippen molar-refractivity contribution in [3.8, 4) is 5.69 Å². The monoisotopic (exact) mass is 463 g/mol. The number of hydrogen-bond acceptors (Lipinski definition) is 4. The van der Waals surface area contributed by atoms with Crippen molar-refractivity contribution in [2.75, 3.05) is 26.2 Å². The molecule has 2 aromatic carbocycles. The van der Waals surface area contributed by atoms with E-state index in [-0.39, 0.29) is 11.1 Å². The van der Waals surface area contributed by atoms with Crippen LogP contribution in [0.4, 0.5) is 4.39 Å². The van der Waals surface area contributed by atoms with Gasteiger partial charge >= 0.3 is 5.97 Å². The van der Waals surface area contributed by atoms with Crippen molar-refractivity contribution < 1.29 is 14.3 Å². The Hall–Kier alpha value is -3.03. The van der Waals surface area contributed by atoms with Crippen LogP contribution in [0.3, 0.4) is 0 Å². The number of aromatic carboxylic acids is 1. The highest BCUT2D eigenvalue weighted by molar-refractivity contribution is 6.04. The lowest BCUT2D eigenvalue weighted by Gasteiger charge is -2.40. The first kappa shape index (κ1) is 22.7. The maximum atomic E-state index is 14.1. The van der Waals surface area contributed by atoms with Crippen LogP contribution < -0.4 is 5.56 Å². The molecule has 0 amide bonds. The number of fused-ring (bicyclic) bond motifs is 1. The highest BCUT2D eigenvalue weighted by Crippen LogP contribution is 2.27. The number of carbonyl (C=O) groups is 1. The zero-order valence-corrected chi connectivity index (χ0v) is 19.3. The molecule has 0 spiro atoms. The average molecular weight is 464 g/mol. The number of piperidine rings is 2. The first-order valence-corrected chi connectivity index (χ1v) is 12.1. The summed E-state index contributed by atoms with van der Waals surface area (Å²) in [5.74, 6) is -1.55. The number of pyridine rings is 1. The van der Waals surface area contributed by atoms with Gasteiger partial charge in [0, 0.05) is 36.4 Å². The van der Waals surface area contributed by atoms with E-state index < -0.39 is 11.8 Å². The number of aromatic nitrogens is 1. The van der Waals surface area contributed by atoms with Crippen molar-refractivity contribution in [2.24, 2.45) is 0 Å². The van der Waals surface area contributed by atoms with E-state index in [0.29, 0.717) is 34.7 Å². The molecule has 3 aromatic rings. The first-order chi connectivity index (χ1) is 16.5. The van der Waals surface area contributed by atoms with Gasteiger partial charge in [-0.2, -0.15) is 0 Å². The summed E-state index contributed by atoms with van der Waals surface area (Å²) >= 11 is 0. The molecule has 0 radical (unpaired) electrons. The Labute approximate surface area is 198 Å². The van der Waals surface area contributed by atoms with Gasteiger partial charge in [-0.15, -0.1) is 0 Å². The van der Waals surface area contributed by atoms with Gasteiger partial charge in [0.05, 0.1) is 16.9 Å². The molecule has 6 nitrogen and oxygen atoms in total. The Morgan fingerprint density at radius 2 is 1.65 bits per heavy atom. The van der Waals surface area contributed by atoms with Crippen molar-refractivity contribution in [3.63, 3.8) is 0 Å². The lowest BCUT2D eigenvalue weighted by atomic mass is 9.98. The second-order valence-electron chi connectivity index (χ2n) is 9.40.